The Balaban J connectivity index is 1.78. The molecule has 0 saturated carbocycles. The van der Waals surface area contributed by atoms with Crippen molar-refractivity contribution in [2.24, 2.45) is 0 Å². The lowest BCUT2D eigenvalue weighted by molar-refractivity contribution is 0.00578. The lowest BCUT2D eigenvalue weighted by atomic mass is 9.74. The Morgan fingerprint density at radius 1 is 1.26 bits per heavy atom. The Kier molecular flexibility index (Phi) is 2.73. The molecule has 2 fully saturated rings. The van der Waals surface area contributed by atoms with Gasteiger partial charge in [-0.2, -0.15) is 0 Å². The number of carbonyl (C=O) groups excluding carboxylic acids is 1. The van der Waals surface area contributed by atoms with Crippen molar-refractivity contribution in [2.45, 2.75) is 51.4 Å². The van der Waals surface area contributed by atoms with Gasteiger partial charge < -0.3 is 14.0 Å². The molecule has 5 nitrogen and oxygen atoms in total. The quantitative estimate of drug-likeness (QED) is 0.678. The smallest absolute Gasteiger partial charge is 0.447 e. The second-order valence-corrected chi connectivity index (χ2v) is 6.42. The zero-order valence-corrected chi connectivity index (χ0v) is 11.9. The van der Waals surface area contributed by atoms with E-state index in [0.717, 1.165) is 11.9 Å². The van der Waals surface area contributed by atoms with E-state index >= 15 is 0 Å². The number of ether oxygens (including phenoxy) is 1. The van der Waals surface area contributed by atoms with E-state index in [1.54, 1.807) is 4.90 Å². The van der Waals surface area contributed by atoms with E-state index in [0.29, 0.717) is 13.2 Å². The molecule has 6 heteroatoms. The molecule has 3 aliphatic rings. The Morgan fingerprint density at radius 3 is 2.53 bits per heavy atom. The maximum absolute atomic E-state index is 11.5. The molecule has 3 rings (SSSR count). The maximum atomic E-state index is 11.5. The summed E-state index contributed by atoms with van der Waals surface area (Å²) in [5, 5.41) is 0. The highest BCUT2D eigenvalue weighted by Gasteiger charge is 2.53. The van der Waals surface area contributed by atoms with E-state index in [1.165, 1.54) is 0 Å². The SMILES string of the molecule is CC1(C)OB(C2=C[C@@H]3COC(=O)N3CC2)OC1(C)C. The topological polar surface area (TPSA) is 48.0 Å². The minimum atomic E-state index is -0.322. The molecule has 3 aliphatic heterocycles. The van der Waals surface area contributed by atoms with Crippen LogP contribution in [0.15, 0.2) is 11.5 Å². The molecule has 0 aromatic heterocycles. The molecule has 0 aliphatic carbocycles. The first-order chi connectivity index (χ1) is 8.80. The summed E-state index contributed by atoms with van der Waals surface area (Å²) in [7, 11) is -0.303. The van der Waals surface area contributed by atoms with E-state index in [1.807, 2.05) is 27.7 Å². The molecule has 0 unspecified atom stereocenters. The standard InChI is InChI=1S/C13H20BNO4/c1-12(2)13(3,4)19-14(18-12)9-5-6-15-10(7-9)8-17-11(15)16/h7,10H,5-6,8H2,1-4H3/t10-/m1/s1. The van der Waals surface area contributed by atoms with Crippen LogP contribution >= 0.6 is 0 Å². The fourth-order valence-electron chi connectivity index (χ4n) is 2.63. The number of cyclic esters (lactones) is 1. The van der Waals surface area contributed by atoms with Gasteiger partial charge in [-0.1, -0.05) is 6.08 Å². The van der Waals surface area contributed by atoms with E-state index in [9.17, 15) is 4.79 Å². The van der Waals surface area contributed by atoms with E-state index in [-0.39, 0.29) is 30.5 Å². The van der Waals surface area contributed by atoms with Crippen LogP contribution in [0.5, 0.6) is 0 Å². The minimum Gasteiger partial charge on any atom is -0.447 e. The normalized spacial score (nSPS) is 32.1. The van der Waals surface area contributed by atoms with Crippen molar-refractivity contribution >= 4 is 13.2 Å². The van der Waals surface area contributed by atoms with Crippen LogP contribution in [0, 0.1) is 0 Å². The fourth-order valence-corrected chi connectivity index (χ4v) is 2.63. The van der Waals surface area contributed by atoms with E-state index in [4.69, 9.17) is 14.0 Å². The van der Waals surface area contributed by atoms with Crippen molar-refractivity contribution < 1.29 is 18.8 Å². The van der Waals surface area contributed by atoms with Crippen LogP contribution in [0.2, 0.25) is 0 Å². The van der Waals surface area contributed by atoms with Crippen LogP contribution in [-0.4, -0.2) is 48.5 Å². The van der Waals surface area contributed by atoms with Crippen molar-refractivity contribution in [1.29, 1.82) is 0 Å². The summed E-state index contributed by atoms with van der Waals surface area (Å²) < 4.78 is 17.1. The first-order valence-electron chi connectivity index (χ1n) is 6.80. The van der Waals surface area contributed by atoms with Gasteiger partial charge in [0, 0.05) is 6.54 Å². The number of fused-ring (bicyclic) bond motifs is 1. The molecular weight excluding hydrogens is 245 g/mol. The molecule has 0 radical (unpaired) electrons. The number of amides is 1. The Hall–Kier alpha value is -1.01. The molecule has 1 atom stereocenters. The number of carbonyl (C=O) groups is 1. The van der Waals surface area contributed by atoms with Gasteiger partial charge in [-0.15, -0.1) is 0 Å². The monoisotopic (exact) mass is 265 g/mol. The third-order valence-electron chi connectivity index (χ3n) is 4.62. The summed E-state index contributed by atoms with van der Waals surface area (Å²) in [6, 6.07) is 0.0373. The van der Waals surface area contributed by atoms with Crippen LogP contribution < -0.4 is 0 Å². The van der Waals surface area contributed by atoms with Crippen LogP contribution in [0.4, 0.5) is 4.79 Å². The third-order valence-corrected chi connectivity index (χ3v) is 4.62. The van der Waals surface area contributed by atoms with Crippen LogP contribution in [0.3, 0.4) is 0 Å². The fraction of sp³-hybridized carbons (Fsp3) is 0.769. The number of hydrogen-bond acceptors (Lipinski definition) is 4. The van der Waals surface area contributed by atoms with Gasteiger partial charge in [-0.25, -0.2) is 4.79 Å². The number of rotatable bonds is 1. The molecule has 0 N–H and O–H groups in total. The zero-order valence-electron chi connectivity index (χ0n) is 11.9. The molecule has 0 aromatic rings. The van der Waals surface area contributed by atoms with Gasteiger partial charge in [0.2, 0.25) is 0 Å². The van der Waals surface area contributed by atoms with E-state index < -0.39 is 0 Å². The van der Waals surface area contributed by atoms with Crippen molar-refractivity contribution in [3.05, 3.63) is 11.5 Å². The van der Waals surface area contributed by atoms with Crippen molar-refractivity contribution in [2.75, 3.05) is 13.2 Å². The van der Waals surface area contributed by atoms with Crippen molar-refractivity contribution in [3.63, 3.8) is 0 Å². The van der Waals surface area contributed by atoms with Crippen LogP contribution in [0.25, 0.3) is 0 Å². The highest BCUT2D eigenvalue weighted by Crippen LogP contribution is 2.40. The maximum Gasteiger partial charge on any atom is 0.490 e. The first kappa shape index (κ1) is 13.0. The molecule has 3 heterocycles. The lowest BCUT2D eigenvalue weighted by Crippen LogP contribution is -2.41. The Labute approximate surface area is 114 Å². The molecule has 19 heavy (non-hydrogen) atoms. The highest BCUT2D eigenvalue weighted by molar-refractivity contribution is 6.54. The van der Waals surface area contributed by atoms with Gasteiger partial charge in [-0.05, 0) is 39.6 Å². The summed E-state index contributed by atoms with van der Waals surface area (Å²) in [6.07, 6.45) is 2.63. The van der Waals surface area contributed by atoms with Gasteiger partial charge in [0.05, 0.1) is 17.2 Å². The summed E-state index contributed by atoms with van der Waals surface area (Å²) in [4.78, 5) is 13.2. The van der Waals surface area contributed by atoms with Crippen molar-refractivity contribution in [1.82, 2.24) is 4.90 Å². The first-order valence-corrected chi connectivity index (χ1v) is 6.80. The highest BCUT2D eigenvalue weighted by atomic mass is 16.7. The minimum absolute atomic E-state index is 0.0373. The van der Waals surface area contributed by atoms with Crippen LogP contribution in [-0.2, 0) is 14.0 Å². The van der Waals surface area contributed by atoms with Crippen molar-refractivity contribution in [3.8, 4) is 0 Å². The molecule has 2 saturated heterocycles. The molecule has 0 bridgehead atoms. The molecule has 0 spiro atoms. The van der Waals surface area contributed by atoms with Gasteiger partial charge in [0.15, 0.2) is 0 Å². The second-order valence-electron chi connectivity index (χ2n) is 6.42. The van der Waals surface area contributed by atoms with Gasteiger partial charge in [-0.3, -0.25) is 4.90 Å². The second kappa shape index (κ2) is 3.99. The Bertz CT molecular complexity index is 430. The van der Waals surface area contributed by atoms with Gasteiger partial charge >= 0.3 is 13.2 Å². The third kappa shape index (κ3) is 1.97. The van der Waals surface area contributed by atoms with Gasteiger partial charge in [0.1, 0.15) is 6.61 Å². The van der Waals surface area contributed by atoms with E-state index in [2.05, 4.69) is 6.08 Å². The summed E-state index contributed by atoms with van der Waals surface area (Å²) >= 11 is 0. The summed E-state index contributed by atoms with van der Waals surface area (Å²) in [6.45, 7) is 9.30. The molecule has 1 amide bonds. The summed E-state index contributed by atoms with van der Waals surface area (Å²) in [5.74, 6) is 0. The Morgan fingerprint density at radius 2 is 1.89 bits per heavy atom. The average molecular weight is 265 g/mol. The molecule has 104 valence electrons. The zero-order chi connectivity index (χ0) is 13.8. The number of nitrogens with zero attached hydrogens (tertiary/aromatic N) is 1. The lowest BCUT2D eigenvalue weighted by Gasteiger charge is -2.32. The molecule has 0 aromatic carbocycles. The largest absolute Gasteiger partial charge is 0.490 e. The summed E-state index contributed by atoms with van der Waals surface area (Å²) in [5.41, 5.74) is 0.480. The predicted molar refractivity (Wildman–Crippen MR) is 70.6 cm³/mol. The number of hydrogen-bond donors (Lipinski definition) is 0. The predicted octanol–water partition coefficient (Wildman–Crippen LogP) is 1.77. The average Bonchev–Trinajstić information content (AvgIpc) is 2.78. The molecular formula is C13H20BNO4. The van der Waals surface area contributed by atoms with Crippen LogP contribution in [0.1, 0.15) is 34.1 Å². The van der Waals surface area contributed by atoms with Gasteiger partial charge in [0.25, 0.3) is 0 Å².